The predicted octanol–water partition coefficient (Wildman–Crippen LogP) is 7.77. The van der Waals surface area contributed by atoms with Crippen molar-refractivity contribution in [2.45, 2.75) is 39.8 Å². The van der Waals surface area contributed by atoms with Gasteiger partial charge in [0, 0.05) is 53.3 Å². The summed E-state index contributed by atoms with van der Waals surface area (Å²) in [5, 5.41) is 9.21. The van der Waals surface area contributed by atoms with Crippen LogP contribution in [0, 0.1) is 20.8 Å². The third kappa shape index (κ3) is 7.19. The summed E-state index contributed by atoms with van der Waals surface area (Å²) < 4.78 is 0. The molecule has 0 saturated heterocycles. The second kappa shape index (κ2) is 14.9. The van der Waals surface area contributed by atoms with Gasteiger partial charge in [0.2, 0.25) is 11.9 Å². The van der Waals surface area contributed by atoms with E-state index < -0.39 is 6.04 Å². The zero-order valence-electron chi connectivity index (χ0n) is 31.4. The molecule has 12 heteroatoms. The topological polar surface area (TPSA) is 145 Å². The van der Waals surface area contributed by atoms with E-state index in [0.29, 0.717) is 46.5 Å². The van der Waals surface area contributed by atoms with Crippen molar-refractivity contribution in [2.75, 3.05) is 32.8 Å². The summed E-state index contributed by atoms with van der Waals surface area (Å²) in [6.45, 7) is 6.09. The van der Waals surface area contributed by atoms with E-state index in [1.807, 2.05) is 99.6 Å². The number of fused-ring (bicyclic) bond motifs is 2. The van der Waals surface area contributed by atoms with Gasteiger partial charge in [0.1, 0.15) is 11.9 Å². The van der Waals surface area contributed by atoms with E-state index in [-0.39, 0.29) is 24.4 Å². The van der Waals surface area contributed by atoms with Gasteiger partial charge in [-0.1, -0.05) is 60.7 Å². The van der Waals surface area contributed by atoms with Gasteiger partial charge in [-0.05, 0) is 79.9 Å². The normalized spacial score (nSPS) is 14.9. The number of aryl methyl sites for hydroxylation is 3. The number of pyridine rings is 1. The standard InChI is InChI=1S/C44H39N9O3/c1-26-10-8-9-13-30(26)20-37-42(55)50-36-21-31(16-19-35(36)39(49-37)29-11-6-5-7-12-29)41(54)47-33-17-14-27(2)38(22-33)53-25-32-23-46-43(51-40(32)52(4)44(53)56)48-34-18-15-28(3)45-24-34/h5-19,21-24,37H,20,25H2,1-4H3,(H,47,54)(H,50,55)(H,46,48,51). The minimum absolute atomic E-state index is 0.240. The number of nitrogens with zero attached hydrogens (tertiary/aromatic N) is 6. The molecule has 0 bridgehead atoms. The molecule has 56 heavy (non-hydrogen) atoms. The number of aromatic nitrogens is 3. The highest BCUT2D eigenvalue weighted by atomic mass is 16.2. The highest BCUT2D eigenvalue weighted by molar-refractivity contribution is 6.20. The summed E-state index contributed by atoms with van der Waals surface area (Å²) in [5.41, 5.74) is 9.62. The predicted molar refractivity (Wildman–Crippen MR) is 219 cm³/mol. The first-order chi connectivity index (χ1) is 27.1. The third-order valence-electron chi connectivity index (χ3n) is 10.0. The van der Waals surface area contributed by atoms with E-state index in [1.165, 1.54) is 4.90 Å². The van der Waals surface area contributed by atoms with Crippen LogP contribution in [-0.4, -0.2) is 51.6 Å². The lowest BCUT2D eigenvalue weighted by Crippen LogP contribution is -2.46. The monoisotopic (exact) mass is 741 g/mol. The molecule has 2 aliphatic rings. The smallest absolute Gasteiger partial charge is 0.324 e. The number of hydrogen-bond donors (Lipinski definition) is 3. The quantitative estimate of drug-likeness (QED) is 0.145. The number of urea groups is 1. The van der Waals surface area contributed by atoms with Crippen LogP contribution in [0.2, 0.25) is 0 Å². The lowest BCUT2D eigenvalue weighted by molar-refractivity contribution is -0.117. The average Bonchev–Trinajstić information content (AvgIpc) is 3.34. The van der Waals surface area contributed by atoms with Crippen LogP contribution in [0.15, 0.2) is 121 Å². The van der Waals surface area contributed by atoms with Crippen molar-refractivity contribution in [3.8, 4) is 0 Å². The van der Waals surface area contributed by atoms with Crippen LogP contribution in [0.1, 0.15) is 49.4 Å². The van der Waals surface area contributed by atoms with Gasteiger partial charge in [0.05, 0.1) is 35.5 Å². The van der Waals surface area contributed by atoms with Crippen LogP contribution in [0.25, 0.3) is 0 Å². The molecule has 4 heterocycles. The molecular weight excluding hydrogens is 703 g/mol. The fourth-order valence-electron chi connectivity index (χ4n) is 6.92. The van der Waals surface area contributed by atoms with Crippen molar-refractivity contribution in [1.29, 1.82) is 0 Å². The Kier molecular flexibility index (Phi) is 9.53. The summed E-state index contributed by atoms with van der Waals surface area (Å²) >= 11 is 0. The zero-order chi connectivity index (χ0) is 38.9. The summed E-state index contributed by atoms with van der Waals surface area (Å²) in [6.07, 6.45) is 3.84. The van der Waals surface area contributed by atoms with Gasteiger partial charge in [0.15, 0.2) is 0 Å². The number of carbonyl (C=O) groups is 3. The van der Waals surface area contributed by atoms with Crippen LogP contribution >= 0.6 is 0 Å². The molecule has 278 valence electrons. The van der Waals surface area contributed by atoms with Gasteiger partial charge in [0.25, 0.3) is 5.91 Å². The molecule has 1 unspecified atom stereocenters. The molecule has 0 fully saturated rings. The number of carbonyl (C=O) groups excluding carboxylic acids is 3. The lowest BCUT2D eigenvalue weighted by atomic mass is 9.98. The number of benzene rings is 4. The van der Waals surface area contributed by atoms with E-state index in [0.717, 1.165) is 44.8 Å². The second-order valence-corrected chi connectivity index (χ2v) is 14.0. The van der Waals surface area contributed by atoms with Crippen LogP contribution < -0.4 is 25.8 Å². The Morgan fingerprint density at radius 1 is 0.839 bits per heavy atom. The van der Waals surface area contributed by atoms with E-state index in [9.17, 15) is 14.4 Å². The highest BCUT2D eigenvalue weighted by Crippen LogP contribution is 2.34. The average molecular weight is 742 g/mol. The molecule has 6 aromatic rings. The van der Waals surface area contributed by atoms with Crippen LogP contribution in [0.3, 0.4) is 0 Å². The number of benzodiazepines with no additional fused rings is 1. The van der Waals surface area contributed by atoms with E-state index in [4.69, 9.17) is 4.99 Å². The van der Waals surface area contributed by atoms with Gasteiger partial charge in [-0.15, -0.1) is 0 Å². The Balaban J connectivity index is 1.03. The molecule has 0 aliphatic carbocycles. The highest BCUT2D eigenvalue weighted by Gasteiger charge is 2.32. The molecule has 2 aliphatic heterocycles. The van der Waals surface area contributed by atoms with Gasteiger partial charge < -0.3 is 16.0 Å². The Morgan fingerprint density at radius 2 is 1.62 bits per heavy atom. The van der Waals surface area contributed by atoms with E-state index in [2.05, 4.69) is 30.9 Å². The summed E-state index contributed by atoms with van der Waals surface area (Å²) in [5.74, 6) is 0.232. The van der Waals surface area contributed by atoms with Crippen molar-refractivity contribution in [3.63, 3.8) is 0 Å². The Morgan fingerprint density at radius 3 is 2.41 bits per heavy atom. The van der Waals surface area contributed by atoms with Gasteiger partial charge in [-0.25, -0.2) is 9.78 Å². The Labute approximate surface area is 324 Å². The van der Waals surface area contributed by atoms with Gasteiger partial charge in [-0.3, -0.25) is 29.4 Å². The maximum Gasteiger partial charge on any atom is 0.330 e. The van der Waals surface area contributed by atoms with Crippen molar-refractivity contribution in [2.24, 2.45) is 4.99 Å². The molecule has 3 N–H and O–H groups in total. The number of anilines is 6. The van der Waals surface area contributed by atoms with E-state index in [1.54, 1.807) is 48.6 Å². The molecule has 12 nitrogen and oxygen atoms in total. The largest absolute Gasteiger partial charge is 0.330 e. The summed E-state index contributed by atoms with van der Waals surface area (Å²) in [4.78, 5) is 62.9. The maximum absolute atomic E-state index is 13.8. The molecule has 0 saturated carbocycles. The third-order valence-corrected chi connectivity index (χ3v) is 10.0. The molecular formula is C44H39N9O3. The molecule has 4 aromatic carbocycles. The zero-order valence-corrected chi connectivity index (χ0v) is 31.4. The van der Waals surface area contributed by atoms with Crippen molar-refractivity contribution < 1.29 is 14.4 Å². The van der Waals surface area contributed by atoms with Crippen LogP contribution in [0.4, 0.5) is 39.3 Å². The number of hydrogen-bond acceptors (Lipinski definition) is 8. The number of rotatable bonds is 8. The van der Waals surface area contributed by atoms with Crippen molar-refractivity contribution in [1.82, 2.24) is 15.0 Å². The molecule has 8 rings (SSSR count). The fraction of sp³-hybridized carbons (Fsp3) is 0.159. The first kappa shape index (κ1) is 35.8. The first-order valence-corrected chi connectivity index (χ1v) is 18.3. The molecule has 1 atom stereocenters. The van der Waals surface area contributed by atoms with E-state index >= 15 is 0 Å². The summed E-state index contributed by atoms with van der Waals surface area (Å²) in [6, 6.07) is 31.2. The van der Waals surface area contributed by atoms with Crippen molar-refractivity contribution >= 4 is 58.1 Å². The second-order valence-electron chi connectivity index (χ2n) is 14.0. The number of aliphatic imine (C=N–C) groups is 1. The van der Waals surface area contributed by atoms with Gasteiger partial charge >= 0.3 is 6.03 Å². The minimum atomic E-state index is -0.674. The Hall–Kier alpha value is -7.21. The molecule has 2 aromatic heterocycles. The maximum atomic E-state index is 13.8. The summed E-state index contributed by atoms with van der Waals surface area (Å²) in [7, 11) is 1.68. The SMILES string of the molecule is Cc1ccc(Nc2ncc3c(n2)N(C)C(=O)N(c2cc(NC(=O)c4ccc5c(c4)NC(=O)C(Cc4ccccc4C)N=C5c4ccccc4)ccc2C)C3)cn1. The lowest BCUT2D eigenvalue weighted by Gasteiger charge is -2.35. The van der Waals surface area contributed by atoms with Gasteiger partial charge in [-0.2, -0.15) is 4.98 Å². The first-order valence-electron chi connectivity index (χ1n) is 18.3. The number of nitrogens with one attached hydrogen (secondary N) is 3. The molecule has 4 amide bonds. The molecule has 0 spiro atoms. The number of amides is 4. The minimum Gasteiger partial charge on any atom is -0.324 e. The van der Waals surface area contributed by atoms with Crippen LogP contribution in [0.5, 0.6) is 0 Å². The van der Waals surface area contributed by atoms with Crippen molar-refractivity contribution in [3.05, 3.63) is 160 Å². The molecule has 0 radical (unpaired) electrons. The van der Waals surface area contributed by atoms with Crippen LogP contribution in [-0.2, 0) is 17.8 Å². The Bertz CT molecular complexity index is 2540. The fourth-order valence-corrected chi connectivity index (χ4v) is 6.92.